The van der Waals surface area contributed by atoms with Crippen molar-refractivity contribution in [1.82, 2.24) is 9.78 Å². The predicted octanol–water partition coefficient (Wildman–Crippen LogP) is 2.79. The number of anilines is 1. The quantitative estimate of drug-likeness (QED) is 0.883. The largest absolute Gasteiger partial charge is 0.378 e. The van der Waals surface area contributed by atoms with Gasteiger partial charge in [-0.25, -0.2) is 4.39 Å². The van der Waals surface area contributed by atoms with Crippen LogP contribution in [0.4, 0.5) is 10.1 Å². The molecule has 0 amide bonds. The van der Waals surface area contributed by atoms with Crippen LogP contribution in [0.5, 0.6) is 0 Å². The van der Waals surface area contributed by atoms with Crippen LogP contribution >= 0.6 is 0 Å². The third-order valence-electron chi connectivity index (χ3n) is 2.93. The molecule has 1 heterocycles. The third kappa shape index (κ3) is 2.46. The Kier molecular flexibility index (Phi) is 3.13. The highest BCUT2D eigenvalue weighted by Crippen LogP contribution is 2.17. The van der Waals surface area contributed by atoms with Gasteiger partial charge in [0.2, 0.25) is 0 Å². The van der Waals surface area contributed by atoms with Gasteiger partial charge in [0.15, 0.2) is 0 Å². The monoisotopic (exact) mass is 233 g/mol. The van der Waals surface area contributed by atoms with Crippen molar-refractivity contribution in [2.75, 3.05) is 5.32 Å². The minimum Gasteiger partial charge on any atom is -0.378 e. The van der Waals surface area contributed by atoms with E-state index >= 15 is 0 Å². The van der Waals surface area contributed by atoms with Crippen molar-refractivity contribution < 1.29 is 4.39 Å². The second-order valence-electron chi connectivity index (χ2n) is 4.22. The Morgan fingerprint density at radius 1 is 1.35 bits per heavy atom. The van der Waals surface area contributed by atoms with E-state index in [1.807, 2.05) is 25.6 Å². The summed E-state index contributed by atoms with van der Waals surface area (Å²) in [5.41, 5.74) is 3.74. The summed E-state index contributed by atoms with van der Waals surface area (Å²) in [6.07, 6.45) is 1.80. The average molecular weight is 233 g/mol. The molecule has 0 spiro atoms. The number of halogens is 1. The summed E-state index contributed by atoms with van der Waals surface area (Å²) in [6, 6.07) is 5.05. The molecular weight excluding hydrogens is 217 g/mol. The van der Waals surface area contributed by atoms with Crippen molar-refractivity contribution in [3.05, 3.63) is 47.0 Å². The first-order valence-corrected chi connectivity index (χ1v) is 5.55. The van der Waals surface area contributed by atoms with Crippen LogP contribution in [0.25, 0.3) is 0 Å². The molecule has 3 nitrogen and oxygen atoms in total. The van der Waals surface area contributed by atoms with Gasteiger partial charge >= 0.3 is 0 Å². The van der Waals surface area contributed by atoms with Crippen molar-refractivity contribution in [3.63, 3.8) is 0 Å². The molecular formula is C13H16FN3. The van der Waals surface area contributed by atoms with E-state index in [2.05, 4.69) is 10.4 Å². The topological polar surface area (TPSA) is 29.9 Å². The van der Waals surface area contributed by atoms with Gasteiger partial charge in [-0.2, -0.15) is 5.10 Å². The Bertz CT molecular complexity index is 531. The van der Waals surface area contributed by atoms with Gasteiger partial charge in [-0.05, 0) is 31.5 Å². The first kappa shape index (κ1) is 11.6. The highest BCUT2D eigenvalue weighted by molar-refractivity contribution is 5.47. The van der Waals surface area contributed by atoms with Crippen molar-refractivity contribution in [1.29, 1.82) is 0 Å². The van der Waals surface area contributed by atoms with Gasteiger partial charge < -0.3 is 5.32 Å². The Hall–Kier alpha value is -1.84. The Morgan fingerprint density at radius 3 is 2.76 bits per heavy atom. The van der Waals surface area contributed by atoms with E-state index < -0.39 is 0 Å². The van der Waals surface area contributed by atoms with Crippen LogP contribution < -0.4 is 5.32 Å². The van der Waals surface area contributed by atoms with Gasteiger partial charge in [-0.3, -0.25) is 4.68 Å². The summed E-state index contributed by atoms with van der Waals surface area (Å²) in [5, 5.41) is 7.25. The highest BCUT2D eigenvalue weighted by Gasteiger charge is 2.05. The Labute approximate surface area is 100 Å². The summed E-state index contributed by atoms with van der Waals surface area (Å²) in [6.45, 7) is 4.52. The van der Waals surface area contributed by atoms with Crippen LogP contribution in [-0.4, -0.2) is 9.78 Å². The lowest BCUT2D eigenvalue weighted by Crippen LogP contribution is -2.03. The summed E-state index contributed by atoms with van der Waals surface area (Å²) >= 11 is 0. The molecule has 0 atom stereocenters. The number of hydrogen-bond acceptors (Lipinski definition) is 2. The minimum absolute atomic E-state index is 0.225. The second kappa shape index (κ2) is 4.57. The van der Waals surface area contributed by atoms with Crippen molar-refractivity contribution in [2.45, 2.75) is 20.4 Å². The molecule has 90 valence electrons. The highest BCUT2D eigenvalue weighted by atomic mass is 19.1. The van der Waals surface area contributed by atoms with E-state index in [4.69, 9.17) is 0 Å². The molecule has 0 saturated heterocycles. The molecule has 0 unspecified atom stereocenters. The molecule has 1 aromatic carbocycles. The maximum atomic E-state index is 13.5. The molecule has 0 fully saturated rings. The molecule has 1 aromatic heterocycles. The Balaban J connectivity index is 2.12. The zero-order valence-electron chi connectivity index (χ0n) is 10.3. The van der Waals surface area contributed by atoms with Gasteiger partial charge in [0.25, 0.3) is 0 Å². The van der Waals surface area contributed by atoms with E-state index in [-0.39, 0.29) is 5.82 Å². The molecule has 1 N–H and O–H groups in total. The molecule has 2 rings (SSSR count). The zero-order chi connectivity index (χ0) is 12.4. The van der Waals surface area contributed by atoms with E-state index in [1.165, 1.54) is 6.07 Å². The number of benzene rings is 1. The van der Waals surface area contributed by atoms with Crippen LogP contribution in [0.1, 0.15) is 16.8 Å². The molecule has 0 bridgehead atoms. The second-order valence-corrected chi connectivity index (χ2v) is 4.22. The standard InChI is InChI=1S/C13H16FN3/c1-9-4-5-12(14)13(6-9)15-7-11-8-16-17(3)10(11)2/h4-6,8,15H,7H2,1-3H3. The smallest absolute Gasteiger partial charge is 0.146 e. The number of rotatable bonds is 3. The molecule has 0 saturated carbocycles. The lowest BCUT2D eigenvalue weighted by Gasteiger charge is -2.08. The molecule has 0 radical (unpaired) electrons. The van der Waals surface area contributed by atoms with Crippen LogP contribution in [0.2, 0.25) is 0 Å². The van der Waals surface area contributed by atoms with Gasteiger partial charge in [0.05, 0.1) is 11.9 Å². The minimum atomic E-state index is -0.225. The molecule has 0 aliphatic carbocycles. The molecule has 0 aliphatic rings. The van der Waals surface area contributed by atoms with Gasteiger partial charge in [0, 0.05) is 24.8 Å². The molecule has 2 aromatic rings. The fourth-order valence-corrected chi connectivity index (χ4v) is 1.68. The van der Waals surface area contributed by atoms with E-state index in [1.54, 1.807) is 18.3 Å². The number of nitrogens with zero attached hydrogens (tertiary/aromatic N) is 2. The van der Waals surface area contributed by atoms with Crippen LogP contribution in [0.15, 0.2) is 24.4 Å². The molecule has 0 aliphatic heterocycles. The summed E-state index contributed by atoms with van der Waals surface area (Å²) in [7, 11) is 1.89. The van der Waals surface area contributed by atoms with Gasteiger partial charge in [-0.15, -0.1) is 0 Å². The third-order valence-corrected chi connectivity index (χ3v) is 2.93. The summed E-state index contributed by atoms with van der Waals surface area (Å²) in [4.78, 5) is 0. The first-order valence-electron chi connectivity index (χ1n) is 5.55. The maximum absolute atomic E-state index is 13.5. The van der Waals surface area contributed by atoms with Crippen LogP contribution in [0, 0.1) is 19.7 Å². The van der Waals surface area contributed by atoms with Crippen LogP contribution in [0.3, 0.4) is 0 Å². The zero-order valence-corrected chi connectivity index (χ0v) is 10.3. The number of aryl methyl sites for hydroxylation is 2. The number of nitrogens with one attached hydrogen (secondary N) is 1. The van der Waals surface area contributed by atoms with Crippen molar-refractivity contribution >= 4 is 5.69 Å². The van der Waals surface area contributed by atoms with Crippen molar-refractivity contribution in [3.8, 4) is 0 Å². The van der Waals surface area contributed by atoms with Crippen LogP contribution in [-0.2, 0) is 13.6 Å². The van der Waals surface area contributed by atoms with Gasteiger partial charge in [-0.1, -0.05) is 6.07 Å². The van der Waals surface area contributed by atoms with E-state index in [9.17, 15) is 4.39 Å². The van der Waals surface area contributed by atoms with E-state index in [0.717, 1.165) is 16.8 Å². The fraction of sp³-hybridized carbons (Fsp3) is 0.308. The predicted molar refractivity (Wildman–Crippen MR) is 66.4 cm³/mol. The number of aromatic nitrogens is 2. The average Bonchev–Trinajstić information content (AvgIpc) is 2.62. The SMILES string of the molecule is Cc1ccc(F)c(NCc2cnn(C)c2C)c1. The Morgan fingerprint density at radius 2 is 2.12 bits per heavy atom. The lowest BCUT2D eigenvalue weighted by molar-refractivity contribution is 0.629. The maximum Gasteiger partial charge on any atom is 0.146 e. The van der Waals surface area contributed by atoms with Gasteiger partial charge in [0.1, 0.15) is 5.82 Å². The molecule has 4 heteroatoms. The molecule has 17 heavy (non-hydrogen) atoms. The normalized spacial score (nSPS) is 10.6. The number of hydrogen-bond donors (Lipinski definition) is 1. The fourth-order valence-electron chi connectivity index (χ4n) is 1.68. The summed E-state index contributed by atoms with van der Waals surface area (Å²) in [5.74, 6) is -0.225. The lowest BCUT2D eigenvalue weighted by atomic mass is 10.2. The van der Waals surface area contributed by atoms with E-state index in [0.29, 0.717) is 12.2 Å². The summed E-state index contributed by atoms with van der Waals surface area (Å²) < 4.78 is 15.3. The first-order chi connectivity index (χ1) is 8.08. The van der Waals surface area contributed by atoms with Crippen molar-refractivity contribution in [2.24, 2.45) is 7.05 Å².